The molecule has 0 aromatic rings. The lowest BCUT2D eigenvalue weighted by atomic mass is 10.1. The summed E-state index contributed by atoms with van der Waals surface area (Å²) >= 11 is 0. The van der Waals surface area contributed by atoms with Crippen molar-refractivity contribution in [3.05, 3.63) is 0 Å². The standard InChI is InChI=1S/C12H24N2O2/c1-12(2,3)13-8-11(15)14-9-6-5-7-10(9)16-4/h9-10,13H,5-8H2,1-4H3,(H,14,15). The van der Waals surface area contributed by atoms with Gasteiger partial charge < -0.3 is 15.4 Å². The first-order valence-corrected chi connectivity index (χ1v) is 5.99. The second-order valence-corrected chi connectivity index (χ2v) is 5.48. The van der Waals surface area contributed by atoms with E-state index in [0.29, 0.717) is 6.54 Å². The van der Waals surface area contributed by atoms with Gasteiger partial charge in [-0.05, 0) is 40.0 Å². The molecule has 1 amide bonds. The van der Waals surface area contributed by atoms with Crippen LogP contribution in [0.25, 0.3) is 0 Å². The van der Waals surface area contributed by atoms with Gasteiger partial charge in [0, 0.05) is 12.6 Å². The van der Waals surface area contributed by atoms with E-state index in [1.807, 2.05) is 20.8 Å². The SMILES string of the molecule is COC1CCCC1NC(=O)CNC(C)(C)C. The first-order valence-electron chi connectivity index (χ1n) is 5.99. The number of carbonyl (C=O) groups excluding carboxylic acids is 1. The molecular weight excluding hydrogens is 204 g/mol. The summed E-state index contributed by atoms with van der Waals surface area (Å²) in [5.41, 5.74) is -0.0202. The molecule has 1 aliphatic carbocycles. The van der Waals surface area contributed by atoms with E-state index in [4.69, 9.17) is 4.74 Å². The predicted molar refractivity (Wildman–Crippen MR) is 64.3 cm³/mol. The highest BCUT2D eigenvalue weighted by Crippen LogP contribution is 2.21. The van der Waals surface area contributed by atoms with E-state index in [-0.39, 0.29) is 23.6 Å². The first kappa shape index (κ1) is 13.5. The van der Waals surface area contributed by atoms with Crippen molar-refractivity contribution < 1.29 is 9.53 Å². The van der Waals surface area contributed by atoms with Crippen molar-refractivity contribution in [2.45, 2.75) is 57.7 Å². The Hall–Kier alpha value is -0.610. The van der Waals surface area contributed by atoms with Crippen molar-refractivity contribution in [3.63, 3.8) is 0 Å². The first-order chi connectivity index (χ1) is 7.42. The molecule has 0 saturated heterocycles. The molecule has 0 aromatic heterocycles. The Morgan fingerprint density at radius 1 is 1.38 bits per heavy atom. The molecule has 0 spiro atoms. The van der Waals surface area contributed by atoms with Crippen molar-refractivity contribution in [2.24, 2.45) is 0 Å². The number of hydrogen-bond acceptors (Lipinski definition) is 3. The van der Waals surface area contributed by atoms with Gasteiger partial charge in [0.25, 0.3) is 0 Å². The van der Waals surface area contributed by atoms with Gasteiger partial charge in [0.2, 0.25) is 5.91 Å². The average molecular weight is 228 g/mol. The number of rotatable bonds is 4. The topological polar surface area (TPSA) is 50.4 Å². The Morgan fingerprint density at radius 2 is 2.06 bits per heavy atom. The zero-order chi connectivity index (χ0) is 12.2. The van der Waals surface area contributed by atoms with Gasteiger partial charge in [-0.25, -0.2) is 0 Å². The molecule has 0 bridgehead atoms. The normalized spacial score (nSPS) is 25.8. The molecule has 4 heteroatoms. The van der Waals surface area contributed by atoms with Crippen LogP contribution in [-0.4, -0.2) is 37.2 Å². The molecule has 4 nitrogen and oxygen atoms in total. The van der Waals surface area contributed by atoms with E-state index in [1.54, 1.807) is 7.11 Å². The third kappa shape index (κ3) is 4.49. The summed E-state index contributed by atoms with van der Waals surface area (Å²) in [5, 5.41) is 6.20. The van der Waals surface area contributed by atoms with Crippen molar-refractivity contribution in [3.8, 4) is 0 Å². The number of hydrogen-bond donors (Lipinski definition) is 2. The quantitative estimate of drug-likeness (QED) is 0.756. The van der Waals surface area contributed by atoms with Crippen LogP contribution in [0.2, 0.25) is 0 Å². The number of ether oxygens (including phenoxy) is 1. The van der Waals surface area contributed by atoms with Crippen LogP contribution in [0.15, 0.2) is 0 Å². The van der Waals surface area contributed by atoms with E-state index in [9.17, 15) is 4.79 Å². The van der Waals surface area contributed by atoms with Crippen molar-refractivity contribution in [2.75, 3.05) is 13.7 Å². The van der Waals surface area contributed by atoms with Gasteiger partial charge >= 0.3 is 0 Å². The second-order valence-electron chi connectivity index (χ2n) is 5.48. The van der Waals surface area contributed by atoms with Crippen LogP contribution in [0, 0.1) is 0 Å². The monoisotopic (exact) mass is 228 g/mol. The molecule has 16 heavy (non-hydrogen) atoms. The summed E-state index contributed by atoms with van der Waals surface area (Å²) in [7, 11) is 1.71. The minimum absolute atomic E-state index is 0.0202. The van der Waals surface area contributed by atoms with E-state index in [1.165, 1.54) is 0 Å². The Bertz CT molecular complexity index is 236. The van der Waals surface area contributed by atoms with Crippen molar-refractivity contribution in [1.82, 2.24) is 10.6 Å². The molecule has 2 atom stereocenters. The lowest BCUT2D eigenvalue weighted by Crippen LogP contribution is -2.48. The van der Waals surface area contributed by atoms with Gasteiger partial charge in [-0.3, -0.25) is 4.79 Å². The molecule has 1 aliphatic rings. The van der Waals surface area contributed by atoms with Crippen LogP contribution in [0.3, 0.4) is 0 Å². The summed E-state index contributed by atoms with van der Waals surface area (Å²) < 4.78 is 5.33. The minimum atomic E-state index is -0.0202. The maximum atomic E-state index is 11.7. The molecule has 0 aliphatic heterocycles. The third-order valence-electron chi connectivity index (χ3n) is 2.88. The van der Waals surface area contributed by atoms with Crippen LogP contribution in [0.4, 0.5) is 0 Å². The van der Waals surface area contributed by atoms with Crippen molar-refractivity contribution >= 4 is 5.91 Å². The molecule has 0 heterocycles. The molecule has 2 N–H and O–H groups in total. The minimum Gasteiger partial charge on any atom is -0.379 e. The Labute approximate surface area is 98.1 Å². The van der Waals surface area contributed by atoms with Gasteiger partial charge in [0.1, 0.15) is 0 Å². The molecular formula is C12H24N2O2. The number of methoxy groups -OCH3 is 1. The fraction of sp³-hybridized carbons (Fsp3) is 0.917. The highest BCUT2D eigenvalue weighted by atomic mass is 16.5. The maximum Gasteiger partial charge on any atom is 0.234 e. The smallest absolute Gasteiger partial charge is 0.234 e. The lowest BCUT2D eigenvalue weighted by Gasteiger charge is -2.23. The molecule has 1 fully saturated rings. The van der Waals surface area contributed by atoms with E-state index >= 15 is 0 Å². The largest absolute Gasteiger partial charge is 0.379 e. The fourth-order valence-corrected chi connectivity index (χ4v) is 1.98. The van der Waals surface area contributed by atoms with E-state index in [2.05, 4.69) is 10.6 Å². The molecule has 1 saturated carbocycles. The predicted octanol–water partition coefficient (Wildman–Crippen LogP) is 1.06. The number of amides is 1. The molecule has 94 valence electrons. The van der Waals surface area contributed by atoms with Gasteiger partial charge in [0.15, 0.2) is 0 Å². The summed E-state index contributed by atoms with van der Waals surface area (Å²) in [6, 6.07) is 0.194. The summed E-state index contributed by atoms with van der Waals surface area (Å²) in [4.78, 5) is 11.7. The summed E-state index contributed by atoms with van der Waals surface area (Å²) in [6.07, 6.45) is 3.41. The van der Waals surface area contributed by atoms with E-state index in [0.717, 1.165) is 19.3 Å². The van der Waals surface area contributed by atoms with Gasteiger partial charge in [-0.15, -0.1) is 0 Å². The Kier molecular flexibility index (Phi) is 4.74. The van der Waals surface area contributed by atoms with Crippen LogP contribution in [-0.2, 0) is 9.53 Å². The van der Waals surface area contributed by atoms with Gasteiger partial charge in [-0.2, -0.15) is 0 Å². The van der Waals surface area contributed by atoms with Gasteiger partial charge in [0.05, 0.1) is 18.7 Å². The zero-order valence-corrected chi connectivity index (χ0v) is 10.8. The Balaban J connectivity index is 2.28. The number of carbonyl (C=O) groups is 1. The van der Waals surface area contributed by atoms with Crippen LogP contribution >= 0.6 is 0 Å². The number of nitrogens with one attached hydrogen (secondary N) is 2. The molecule has 0 aromatic carbocycles. The van der Waals surface area contributed by atoms with Crippen LogP contribution in [0.5, 0.6) is 0 Å². The summed E-state index contributed by atoms with van der Waals surface area (Å²) in [6.45, 7) is 6.52. The average Bonchev–Trinajstić information content (AvgIpc) is 2.61. The second kappa shape index (κ2) is 5.64. The fourth-order valence-electron chi connectivity index (χ4n) is 1.98. The Morgan fingerprint density at radius 3 is 2.62 bits per heavy atom. The van der Waals surface area contributed by atoms with Gasteiger partial charge in [-0.1, -0.05) is 0 Å². The van der Waals surface area contributed by atoms with Crippen LogP contribution in [0.1, 0.15) is 40.0 Å². The van der Waals surface area contributed by atoms with Crippen LogP contribution < -0.4 is 10.6 Å². The van der Waals surface area contributed by atoms with E-state index < -0.39 is 0 Å². The highest BCUT2D eigenvalue weighted by molar-refractivity contribution is 5.78. The summed E-state index contributed by atoms with van der Waals surface area (Å²) in [5.74, 6) is 0.0591. The van der Waals surface area contributed by atoms with Crippen molar-refractivity contribution in [1.29, 1.82) is 0 Å². The maximum absolute atomic E-state index is 11.7. The molecule has 0 radical (unpaired) electrons. The third-order valence-corrected chi connectivity index (χ3v) is 2.88. The zero-order valence-electron chi connectivity index (χ0n) is 10.8. The lowest BCUT2D eigenvalue weighted by molar-refractivity contribution is -0.122. The molecule has 1 rings (SSSR count). The highest BCUT2D eigenvalue weighted by Gasteiger charge is 2.28. The molecule has 2 unspecified atom stereocenters.